The number of azo groups is 1. The van der Waals surface area contributed by atoms with E-state index in [2.05, 4.69) is 21.7 Å². The molecule has 2 heterocycles. The molecule has 0 aromatic rings. The second kappa shape index (κ2) is 5.71. The Morgan fingerprint density at radius 3 is 2.54 bits per heavy atom. The Labute approximate surface area is 83.0 Å². The fourth-order valence-electron chi connectivity index (χ4n) is 0.504. The molecule has 0 saturated heterocycles. The minimum atomic E-state index is -0.799. The molecule has 0 aromatic heterocycles. The minimum Gasteiger partial charge on any atom is -0.284 e. The van der Waals surface area contributed by atoms with Crippen LogP contribution >= 0.6 is 21.6 Å². The summed E-state index contributed by atoms with van der Waals surface area (Å²) in [5, 5.41) is 8.26. The summed E-state index contributed by atoms with van der Waals surface area (Å²) in [7, 11) is 3.69. The molecule has 68 valence electrons. The highest BCUT2D eigenvalue weighted by atomic mass is 33.1. The minimum absolute atomic E-state index is 0.611. The van der Waals surface area contributed by atoms with Gasteiger partial charge in [-0.05, 0) is 5.41 Å². The average molecular weight is 214 g/mol. The van der Waals surface area contributed by atoms with Gasteiger partial charge in [-0.25, -0.2) is 0 Å². The van der Waals surface area contributed by atoms with Crippen LogP contribution in [0.1, 0.15) is 0 Å². The summed E-state index contributed by atoms with van der Waals surface area (Å²) in [6.45, 7) is 0. The summed E-state index contributed by atoms with van der Waals surface area (Å²) in [6.07, 6.45) is 4.42. The van der Waals surface area contributed by atoms with Gasteiger partial charge in [-0.1, -0.05) is 27.7 Å². The van der Waals surface area contributed by atoms with Gasteiger partial charge in [0.2, 0.25) is 5.78 Å². The SMILES string of the molecule is C1=CSSC1.O=C1C=CN=NC1=O. The molecule has 0 atom stereocenters. The van der Waals surface area contributed by atoms with Crippen molar-refractivity contribution < 1.29 is 9.59 Å². The molecule has 0 saturated carbocycles. The van der Waals surface area contributed by atoms with E-state index in [4.69, 9.17) is 0 Å². The first-order valence-electron chi connectivity index (χ1n) is 3.39. The molecule has 2 aliphatic heterocycles. The van der Waals surface area contributed by atoms with E-state index in [-0.39, 0.29) is 0 Å². The summed E-state index contributed by atoms with van der Waals surface area (Å²) < 4.78 is 0. The van der Waals surface area contributed by atoms with E-state index in [0.29, 0.717) is 0 Å². The zero-order chi connectivity index (χ0) is 9.52. The third kappa shape index (κ3) is 4.05. The zero-order valence-corrected chi connectivity index (χ0v) is 8.18. The van der Waals surface area contributed by atoms with Crippen LogP contribution in [0.4, 0.5) is 0 Å². The maximum absolute atomic E-state index is 10.2. The predicted octanol–water partition coefficient (Wildman–Crippen LogP) is 1.96. The van der Waals surface area contributed by atoms with Crippen molar-refractivity contribution in [2.75, 3.05) is 5.75 Å². The quantitative estimate of drug-likeness (QED) is 0.457. The van der Waals surface area contributed by atoms with Crippen LogP contribution in [0, 0.1) is 0 Å². The first kappa shape index (κ1) is 10.2. The highest BCUT2D eigenvalue weighted by Gasteiger charge is 2.10. The Morgan fingerprint density at radius 2 is 2.23 bits per heavy atom. The van der Waals surface area contributed by atoms with Gasteiger partial charge in [0.1, 0.15) is 0 Å². The Bertz CT molecular complexity index is 269. The number of nitrogens with zero attached hydrogens (tertiary/aromatic N) is 2. The Kier molecular flexibility index (Phi) is 4.48. The first-order valence-corrected chi connectivity index (χ1v) is 5.78. The molecular formula is C7H6N2O2S2. The molecule has 13 heavy (non-hydrogen) atoms. The van der Waals surface area contributed by atoms with Gasteiger partial charge >= 0.3 is 5.91 Å². The lowest BCUT2D eigenvalue weighted by atomic mass is 10.3. The smallest absolute Gasteiger partial charge is 0.284 e. The van der Waals surface area contributed by atoms with Gasteiger partial charge in [-0.2, -0.15) is 5.11 Å². The van der Waals surface area contributed by atoms with E-state index in [1.807, 2.05) is 21.6 Å². The van der Waals surface area contributed by atoms with Crippen LogP contribution in [0.3, 0.4) is 0 Å². The summed E-state index contributed by atoms with van der Waals surface area (Å²) >= 11 is 0. The molecule has 4 nitrogen and oxygen atoms in total. The highest BCUT2D eigenvalue weighted by molar-refractivity contribution is 8.78. The van der Waals surface area contributed by atoms with Gasteiger partial charge in [0.25, 0.3) is 0 Å². The molecule has 0 radical (unpaired) electrons. The molecule has 0 unspecified atom stereocenters. The van der Waals surface area contributed by atoms with Crippen LogP contribution in [0.15, 0.2) is 34.0 Å². The number of carbonyl (C=O) groups is 2. The number of ketones is 1. The monoisotopic (exact) mass is 214 g/mol. The van der Waals surface area contributed by atoms with Gasteiger partial charge in [0.15, 0.2) is 0 Å². The highest BCUT2D eigenvalue weighted by Crippen LogP contribution is 2.27. The van der Waals surface area contributed by atoms with Crippen molar-refractivity contribution in [2.24, 2.45) is 10.2 Å². The molecule has 0 N–H and O–H groups in total. The second-order valence-electron chi connectivity index (χ2n) is 1.95. The van der Waals surface area contributed by atoms with E-state index < -0.39 is 11.7 Å². The van der Waals surface area contributed by atoms with Crippen molar-refractivity contribution >= 4 is 33.3 Å². The van der Waals surface area contributed by atoms with E-state index in [9.17, 15) is 9.59 Å². The number of amides is 1. The first-order chi connectivity index (χ1) is 6.30. The normalized spacial score (nSPS) is 18.8. The Morgan fingerprint density at radius 1 is 1.38 bits per heavy atom. The third-order valence-electron chi connectivity index (χ3n) is 1.04. The summed E-state index contributed by atoms with van der Waals surface area (Å²) in [6, 6.07) is 0. The Hall–Kier alpha value is -0.880. The van der Waals surface area contributed by atoms with Crippen molar-refractivity contribution in [1.82, 2.24) is 0 Å². The molecule has 0 aromatic carbocycles. The van der Waals surface area contributed by atoms with Crippen molar-refractivity contribution in [3.05, 3.63) is 23.8 Å². The summed E-state index contributed by atoms with van der Waals surface area (Å²) in [4.78, 5) is 20.3. The lowest BCUT2D eigenvalue weighted by Gasteiger charge is -1.86. The fraction of sp³-hybridized carbons (Fsp3) is 0.143. The van der Waals surface area contributed by atoms with Gasteiger partial charge in [0.05, 0.1) is 6.20 Å². The maximum atomic E-state index is 10.2. The topological polar surface area (TPSA) is 58.9 Å². The lowest BCUT2D eigenvalue weighted by Crippen LogP contribution is -2.08. The van der Waals surface area contributed by atoms with E-state index in [1.54, 1.807) is 0 Å². The maximum Gasteiger partial charge on any atom is 0.335 e. The van der Waals surface area contributed by atoms with Crippen molar-refractivity contribution in [2.45, 2.75) is 0 Å². The fourth-order valence-corrected chi connectivity index (χ4v) is 2.08. The number of carbonyl (C=O) groups excluding carboxylic acids is 2. The van der Waals surface area contributed by atoms with Gasteiger partial charge in [-0.15, -0.1) is 5.11 Å². The lowest BCUT2D eigenvalue weighted by molar-refractivity contribution is -0.133. The van der Waals surface area contributed by atoms with Crippen LogP contribution in [-0.2, 0) is 9.59 Å². The van der Waals surface area contributed by atoms with Crippen molar-refractivity contribution in [3.8, 4) is 0 Å². The van der Waals surface area contributed by atoms with Crippen LogP contribution < -0.4 is 0 Å². The molecule has 2 aliphatic rings. The summed E-state index contributed by atoms with van der Waals surface area (Å²) in [5.41, 5.74) is 0. The largest absolute Gasteiger partial charge is 0.335 e. The van der Waals surface area contributed by atoms with Crippen LogP contribution in [-0.4, -0.2) is 17.4 Å². The molecule has 0 spiro atoms. The van der Waals surface area contributed by atoms with E-state index >= 15 is 0 Å². The summed E-state index contributed by atoms with van der Waals surface area (Å²) in [5.74, 6) is -0.211. The number of rotatable bonds is 0. The van der Waals surface area contributed by atoms with Gasteiger partial charge < -0.3 is 0 Å². The molecule has 1 amide bonds. The van der Waals surface area contributed by atoms with E-state index in [0.717, 1.165) is 6.08 Å². The Balaban J connectivity index is 0.000000145. The van der Waals surface area contributed by atoms with E-state index in [1.165, 1.54) is 12.0 Å². The van der Waals surface area contributed by atoms with Crippen LogP contribution in [0.2, 0.25) is 0 Å². The standard InChI is InChI=1S/C4H2N2O2.C3H4S2/c7-3-1-2-5-6-4(3)8;1-2-4-5-3-1/h1-2H;1-2H,3H2. The molecule has 0 bridgehead atoms. The number of hydrogen-bond acceptors (Lipinski definition) is 5. The van der Waals surface area contributed by atoms with Crippen molar-refractivity contribution in [1.29, 1.82) is 0 Å². The zero-order valence-electron chi connectivity index (χ0n) is 6.54. The molecule has 0 aliphatic carbocycles. The van der Waals surface area contributed by atoms with Crippen LogP contribution in [0.5, 0.6) is 0 Å². The average Bonchev–Trinajstić information content (AvgIpc) is 2.68. The molecule has 6 heteroatoms. The molecular weight excluding hydrogens is 208 g/mol. The number of hydrogen-bond donors (Lipinski definition) is 0. The predicted molar refractivity (Wildman–Crippen MR) is 53.2 cm³/mol. The molecule has 2 rings (SSSR count). The van der Waals surface area contributed by atoms with Gasteiger partial charge in [-0.3, -0.25) is 9.59 Å². The molecule has 0 fully saturated rings. The van der Waals surface area contributed by atoms with Crippen LogP contribution in [0.25, 0.3) is 0 Å². The second-order valence-corrected chi connectivity index (χ2v) is 4.27. The van der Waals surface area contributed by atoms with Crippen molar-refractivity contribution in [3.63, 3.8) is 0 Å². The van der Waals surface area contributed by atoms with Gasteiger partial charge in [0, 0.05) is 11.8 Å². The third-order valence-corrected chi connectivity index (χ3v) is 2.95.